The lowest BCUT2D eigenvalue weighted by molar-refractivity contribution is -0.127. The third kappa shape index (κ3) is 9.41. The smallest absolute Gasteiger partial charge is 0.223 e. The molecule has 33 heavy (non-hydrogen) atoms. The van der Waals surface area contributed by atoms with Gasteiger partial charge in [-0.15, -0.1) is 24.0 Å². The number of likely N-dealkylation sites (tertiary alicyclic amines) is 1. The second kappa shape index (κ2) is 14.8. The molecule has 1 amide bonds. The maximum absolute atomic E-state index is 12.4. The Kier molecular flexibility index (Phi) is 12.5. The van der Waals surface area contributed by atoms with Crippen LogP contribution in [0.15, 0.2) is 35.3 Å². The average molecular weight is 571 g/mol. The van der Waals surface area contributed by atoms with Gasteiger partial charge in [-0.1, -0.05) is 44.2 Å². The third-order valence-corrected chi connectivity index (χ3v) is 6.69. The highest BCUT2D eigenvalue weighted by Crippen LogP contribution is 2.17. The first-order valence-electron chi connectivity index (χ1n) is 12.3. The van der Waals surface area contributed by atoms with Crippen LogP contribution in [0.3, 0.4) is 0 Å². The number of halogens is 1. The minimum atomic E-state index is 0. The number of rotatable bonds is 10. The SMILES string of the molecule is CCN1CCN(CC(C)CNC(=NC)NCC2CC(=O)N(CCc3ccccc3)C2)CC1.I. The molecule has 2 fully saturated rings. The van der Waals surface area contributed by atoms with E-state index in [4.69, 9.17) is 0 Å². The van der Waals surface area contributed by atoms with Crippen molar-refractivity contribution in [2.24, 2.45) is 16.8 Å². The van der Waals surface area contributed by atoms with Crippen LogP contribution < -0.4 is 10.6 Å². The van der Waals surface area contributed by atoms with Crippen LogP contribution in [-0.4, -0.2) is 99.1 Å². The zero-order chi connectivity index (χ0) is 22.8. The number of hydrogen-bond donors (Lipinski definition) is 2. The van der Waals surface area contributed by atoms with Crippen molar-refractivity contribution >= 4 is 35.8 Å². The molecule has 1 aromatic rings. The zero-order valence-corrected chi connectivity index (χ0v) is 23.0. The highest BCUT2D eigenvalue weighted by atomic mass is 127. The second-order valence-corrected chi connectivity index (χ2v) is 9.32. The van der Waals surface area contributed by atoms with Crippen LogP contribution in [0, 0.1) is 11.8 Å². The number of carbonyl (C=O) groups is 1. The molecule has 0 radical (unpaired) electrons. The Morgan fingerprint density at radius 3 is 2.48 bits per heavy atom. The van der Waals surface area contributed by atoms with E-state index in [9.17, 15) is 4.79 Å². The summed E-state index contributed by atoms with van der Waals surface area (Å²) in [6, 6.07) is 10.4. The highest BCUT2D eigenvalue weighted by Gasteiger charge is 2.29. The number of likely N-dealkylation sites (N-methyl/N-ethyl adjacent to an activating group) is 1. The van der Waals surface area contributed by atoms with Crippen molar-refractivity contribution in [1.29, 1.82) is 0 Å². The van der Waals surface area contributed by atoms with Crippen molar-refractivity contribution in [3.63, 3.8) is 0 Å². The van der Waals surface area contributed by atoms with E-state index in [1.54, 1.807) is 0 Å². The molecule has 2 aliphatic rings. The molecule has 186 valence electrons. The number of carbonyl (C=O) groups excluding carboxylic acids is 1. The standard InChI is InChI=1S/C25H42N6O.HI/c1-4-29-12-14-30(15-13-29)19-21(2)17-27-25(26-3)28-18-23-16-24(32)31(20-23)11-10-22-8-6-5-7-9-22;/h5-9,21,23H,4,10-20H2,1-3H3,(H2,26,27,28);1H. The van der Waals surface area contributed by atoms with Gasteiger partial charge in [0.25, 0.3) is 0 Å². The predicted molar refractivity (Wildman–Crippen MR) is 147 cm³/mol. The normalized spacial score (nSPS) is 21.1. The molecule has 1 aromatic carbocycles. The monoisotopic (exact) mass is 570 g/mol. The summed E-state index contributed by atoms with van der Waals surface area (Å²) in [6.45, 7) is 14.8. The molecule has 0 saturated carbocycles. The predicted octanol–water partition coefficient (Wildman–Crippen LogP) is 2.13. The summed E-state index contributed by atoms with van der Waals surface area (Å²) >= 11 is 0. The third-order valence-electron chi connectivity index (χ3n) is 6.69. The van der Waals surface area contributed by atoms with Gasteiger partial charge in [0.15, 0.2) is 5.96 Å². The molecule has 0 bridgehead atoms. The second-order valence-electron chi connectivity index (χ2n) is 9.32. The molecule has 8 heteroatoms. The lowest BCUT2D eigenvalue weighted by Crippen LogP contribution is -2.48. The van der Waals surface area contributed by atoms with Crippen LogP contribution in [0.5, 0.6) is 0 Å². The Balaban J connectivity index is 0.00000385. The van der Waals surface area contributed by atoms with E-state index in [0.29, 0.717) is 18.3 Å². The van der Waals surface area contributed by atoms with Gasteiger partial charge in [-0.3, -0.25) is 9.79 Å². The summed E-state index contributed by atoms with van der Waals surface area (Å²) < 4.78 is 0. The molecule has 2 N–H and O–H groups in total. The van der Waals surface area contributed by atoms with E-state index in [-0.39, 0.29) is 29.9 Å². The number of nitrogens with zero attached hydrogens (tertiary/aromatic N) is 4. The quantitative estimate of drug-likeness (QED) is 0.257. The molecule has 2 heterocycles. The van der Waals surface area contributed by atoms with E-state index in [2.05, 4.69) is 63.5 Å². The Morgan fingerprint density at radius 1 is 1.12 bits per heavy atom. The molecule has 0 aliphatic carbocycles. The van der Waals surface area contributed by atoms with Crippen LogP contribution in [0.2, 0.25) is 0 Å². The largest absolute Gasteiger partial charge is 0.356 e. The molecule has 2 aliphatic heterocycles. The Bertz CT molecular complexity index is 723. The Morgan fingerprint density at radius 2 is 1.82 bits per heavy atom. The molecule has 0 spiro atoms. The molecule has 0 aromatic heterocycles. The lowest BCUT2D eigenvalue weighted by Gasteiger charge is -2.35. The number of hydrogen-bond acceptors (Lipinski definition) is 4. The van der Waals surface area contributed by atoms with E-state index in [1.165, 1.54) is 31.7 Å². The van der Waals surface area contributed by atoms with Crippen molar-refractivity contribution in [3.05, 3.63) is 35.9 Å². The summed E-state index contributed by atoms with van der Waals surface area (Å²) in [7, 11) is 1.82. The summed E-state index contributed by atoms with van der Waals surface area (Å²) in [5, 5.41) is 6.91. The number of benzene rings is 1. The van der Waals surface area contributed by atoms with Gasteiger partial charge < -0.3 is 25.3 Å². The first-order valence-corrected chi connectivity index (χ1v) is 12.3. The molecule has 2 saturated heterocycles. The van der Waals surface area contributed by atoms with Gasteiger partial charge >= 0.3 is 0 Å². The average Bonchev–Trinajstić information content (AvgIpc) is 3.18. The van der Waals surface area contributed by atoms with E-state index < -0.39 is 0 Å². The fourth-order valence-electron chi connectivity index (χ4n) is 4.64. The molecule has 3 rings (SSSR count). The van der Waals surface area contributed by atoms with Gasteiger partial charge in [-0.2, -0.15) is 0 Å². The van der Waals surface area contributed by atoms with Crippen molar-refractivity contribution < 1.29 is 4.79 Å². The first-order chi connectivity index (χ1) is 15.6. The van der Waals surface area contributed by atoms with Crippen LogP contribution in [0.25, 0.3) is 0 Å². The van der Waals surface area contributed by atoms with E-state index >= 15 is 0 Å². The molecular formula is C25H43IN6O. The fraction of sp³-hybridized carbons (Fsp3) is 0.680. The summed E-state index contributed by atoms with van der Waals surface area (Å²) in [5.74, 6) is 2.00. The fourth-order valence-corrected chi connectivity index (χ4v) is 4.64. The summed E-state index contributed by atoms with van der Waals surface area (Å²) in [6.07, 6.45) is 1.54. The van der Waals surface area contributed by atoms with Gasteiger partial charge in [0.2, 0.25) is 5.91 Å². The van der Waals surface area contributed by atoms with Crippen molar-refractivity contribution in [1.82, 2.24) is 25.3 Å². The molecule has 2 atom stereocenters. The molecule has 7 nitrogen and oxygen atoms in total. The Hall–Kier alpha value is -1.39. The van der Waals surface area contributed by atoms with E-state index in [0.717, 1.165) is 51.6 Å². The van der Waals surface area contributed by atoms with Gasteiger partial charge in [0.1, 0.15) is 0 Å². The van der Waals surface area contributed by atoms with Gasteiger partial charge in [-0.25, -0.2) is 0 Å². The van der Waals surface area contributed by atoms with Gasteiger partial charge in [0, 0.05) is 78.3 Å². The molecular weight excluding hydrogens is 527 g/mol. The van der Waals surface area contributed by atoms with Crippen LogP contribution in [-0.2, 0) is 11.2 Å². The van der Waals surface area contributed by atoms with Crippen LogP contribution in [0.4, 0.5) is 0 Å². The van der Waals surface area contributed by atoms with Crippen molar-refractivity contribution in [2.75, 3.05) is 72.5 Å². The summed E-state index contributed by atoms with van der Waals surface area (Å²) in [5.41, 5.74) is 1.29. The lowest BCUT2D eigenvalue weighted by atomic mass is 10.1. The van der Waals surface area contributed by atoms with Crippen molar-refractivity contribution in [2.45, 2.75) is 26.7 Å². The number of piperazine rings is 1. The minimum Gasteiger partial charge on any atom is -0.356 e. The van der Waals surface area contributed by atoms with Crippen LogP contribution >= 0.6 is 24.0 Å². The Labute approximate surface area is 217 Å². The zero-order valence-electron chi connectivity index (χ0n) is 20.6. The maximum Gasteiger partial charge on any atom is 0.223 e. The minimum absolute atomic E-state index is 0. The van der Waals surface area contributed by atoms with Gasteiger partial charge in [0.05, 0.1) is 0 Å². The maximum atomic E-state index is 12.4. The number of guanidine groups is 1. The number of aliphatic imine (C=N–C) groups is 1. The summed E-state index contributed by atoms with van der Waals surface area (Å²) in [4.78, 5) is 23.9. The van der Waals surface area contributed by atoms with Crippen molar-refractivity contribution in [3.8, 4) is 0 Å². The number of amides is 1. The van der Waals surface area contributed by atoms with Gasteiger partial charge in [-0.05, 0) is 24.4 Å². The molecule has 2 unspecified atom stereocenters. The van der Waals surface area contributed by atoms with Crippen LogP contribution in [0.1, 0.15) is 25.8 Å². The topological polar surface area (TPSA) is 63.2 Å². The van der Waals surface area contributed by atoms with E-state index in [1.807, 2.05) is 18.0 Å². The number of nitrogens with one attached hydrogen (secondary N) is 2. The first kappa shape index (κ1) is 27.9. The highest BCUT2D eigenvalue weighted by molar-refractivity contribution is 14.0.